The summed E-state index contributed by atoms with van der Waals surface area (Å²) >= 11 is 1.47. The van der Waals surface area contributed by atoms with Crippen molar-refractivity contribution in [1.82, 2.24) is 10.2 Å². The smallest absolute Gasteiger partial charge is 0.261 e. The van der Waals surface area contributed by atoms with Crippen LogP contribution in [0.1, 0.15) is 27.6 Å². The van der Waals surface area contributed by atoms with E-state index in [1.165, 1.54) is 23.3 Å². The number of likely N-dealkylation sites (tertiary alicyclic amines) is 1. The molecular weight excluding hydrogens is 323 g/mol. The van der Waals surface area contributed by atoms with Gasteiger partial charge < -0.3 is 10.2 Å². The molecule has 0 spiro atoms. The van der Waals surface area contributed by atoms with Crippen LogP contribution >= 0.6 is 11.3 Å². The molecule has 1 N–H and O–H groups in total. The molecule has 2 heterocycles. The SMILES string of the molecule is O=C(NCCN1CC2CC(c3ccc(F)cc3)C2C1)c1cccs1. The van der Waals surface area contributed by atoms with Gasteiger partial charge in [0.2, 0.25) is 0 Å². The molecule has 2 fully saturated rings. The van der Waals surface area contributed by atoms with Gasteiger partial charge in [0.15, 0.2) is 0 Å². The number of hydrogen-bond acceptors (Lipinski definition) is 3. The van der Waals surface area contributed by atoms with E-state index in [9.17, 15) is 9.18 Å². The van der Waals surface area contributed by atoms with Crippen LogP contribution in [0.5, 0.6) is 0 Å². The zero-order valence-corrected chi connectivity index (χ0v) is 14.3. The maximum absolute atomic E-state index is 13.1. The fraction of sp³-hybridized carbons (Fsp3) is 0.421. The molecule has 1 aromatic carbocycles. The zero-order chi connectivity index (χ0) is 16.5. The van der Waals surface area contributed by atoms with Crippen LogP contribution in [0.2, 0.25) is 0 Å². The van der Waals surface area contributed by atoms with E-state index in [0.29, 0.717) is 18.4 Å². The lowest BCUT2D eigenvalue weighted by molar-refractivity contribution is 0.0953. The third kappa shape index (κ3) is 3.10. The van der Waals surface area contributed by atoms with Gasteiger partial charge in [-0.05, 0) is 53.3 Å². The summed E-state index contributed by atoms with van der Waals surface area (Å²) in [5.74, 6) is 1.87. The second-order valence-electron chi connectivity index (χ2n) is 6.81. The van der Waals surface area contributed by atoms with E-state index < -0.39 is 0 Å². The van der Waals surface area contributed by atoms with Gasteiger partial charge in [0, 0.05) is 26.2 Å². The average Bonchev–Trinajstić information content (AvgIpc) is 3.20. The Morgan fingerprint density at radius 3 is 2.83 bits per heavy atom. The maximum Gasteiger partial charge on any atom is 0.261 e. The van der Waals surface area contributed by atoms with Crippen LogP contribution in [0.15, 0.2) is 41.8 Å². The molecule has 1 aliphatic carbocycles. The molecule has 2 aliphatic rings. The molecule has 0 radical (unpaired) electrons. The highest BCUT2D eigenvalue weighted by atomic mass is 32.1. The lowest BCUT2D eigenvalue weighted by atomic mass is 9.64. The van der Waals surface area contributed by atoms with Crippen molar-refractivity contribution >= 4 is 17.2 Å². The highest BCUT2D eigenvalue weighted by Gasteiger charge is 2.47. The van der Waals surface area contributed by atoms with Gasteiger partial charge in [-0.25, -0.2) is 4.39 Å². The fourth-order valence-electron chi connectivity index (χ4n) is 4.10. The molecule has 3 nitrogen and oxygen atoms in total. The van der Waals surface area contributed by atoms with Crippen LogP contribution in [0.3, 0.4) is 0 Å². The first-order valence-electron chi connectivity index (χ1n) is 8.50. The molecular formula is C19H21FN2OS. The zero-order valence-electron chi connectivity index (χ0n) is 13.5. The Balaban J connectivity index is 1.25. The van der Waals surface area contributed by atoms with E-state index in [1.807, 2.05) is 29.6 Å². The van der Waals surface area contributed by atoms with Gasteiger partial charge in [-0.2, -0.15) is 0 Å². The molecule has 3 unspecified atom stereocenters. The topological polar surface area (TPSA) is 32.3 Å². The number of benzene rings is 1. The normalized spacial score (nSPS) is 26.0. The van der Waals surface area contributed by atoms with Crippen molar-refractivity contribution in [3.05, 3.63) is 58.0 Å². The molecule has 1 aromatic heterocycles. The largest absolute Gasteiger partial charge is 0.350 e. The van der Waals surface area contributed by atoms with Crippen molar-refractivity contribution < 1.29 is 9.18 Å². The predicted molar refractivity (Wildman–Crippen MR) is 93.8 cm³/mol. The van der Waals surface area contributed by atoms with Crippen molar-refractivity contribution in [2.45, 2.75) is 12.3 Å². The van der Waals surface area contributed by atoms with Crippen molar-refractivity contribution in [3.8, 4) is 0 Å². The van der Waals surface area contributed by atoms with Crippen molar-refractivity contribution in [2.75, 3.05) is 26.2 Å². The van der Waals surface area contributed by atoms with Crippen LogP contribution in [-0.2, 0) is 0 Å². The Morgan fingerprint density at radius 1 is 1.25 bits per heavy atom. The molecule has 3 atom stereocenters. The van der Waals surface area contributed by atoms with E-state index >= 15 is 0 Å². The van der Waals surface area contributed by atoms with Crippen LogP contribution < -0.4 is 5.32 Å². The van der Waals surface area contributed by atoms with Crippen LogP contribution in [0.4, 0.5) is 4.39 Å². The van der Waals surface area contributed by atoms with Gasteiger partial charge in [-0.15, -0.1) is 11.3 Å². The number of carbonyl (C=O) groups excluding carboxylic acids is 1. The van der Waals surface area contributed by atoms with Gasteiger partial charge >= 0.3 is 0 Å². The molecule has 4 rings (SSSR count). The lowest BCUT2D eigenvalue weighted by Gasteiger charge is -2.40. The standard InChI is InChI=1S/C19H21FN2OS/c20-15-5-3-13(4-6-15)16-10-14-11-22(12-17(14)16)8-7-21-19(23)18-2-1-9-24-18/h1-6,9,14,16-17H,7-8,10-12H2,(H,21,23). The van der Waals surface area contributed by atoms with E-state index in [4.69, 9.17) is 0 Å². The Morgan fingerprint density at radius 2 is 2.08 bits per heavy atom. The van der Waals surface area contributed by atoms with Crippen molar-refractivity contribution in [2.24, 2.45) is 11.8 Å². The number of hydrogen-bond donors (Lipinski definition) is 1. The van der Waals surface area contributed by atoms with Crippen molar-refractivity contribution in [3.63, 3.8) is 0 Å². The minimum Gasteiger partial charge on any atom is -0.350 e. The summed E-state index contributed by atoms with van der Waals surface area (Å²) < 4.78 is 13.1. The first-order valence-corrected chi connectivity index (χ1v) is 9.38. The van der Waals surface area contributed by atoms with Gasteiger partial charge in [0.1, 0.15) is 5.82 Å². The molecule has 24 heavy (non-hydrogen) atoms. The second-order valence-corrected chi connectivity index (χ2v) is 7.76. The Labute approximate surface area is 145 Å². The number of amides is 1. The third-order valence-corrected chi connectivity index (χ3v) is 6.27. The third-order valence-electron chi connectivity index (χ3n) is 5.40. The summed E-state index contributed by atoms with van der Waals surface area (Å²) in [6.07, 6.45) is 1.20. The number of nitrogens with zero attached hydrogens (tertiary/aromatic N) is 1. The minimum absolute atomic E-state index is 0.0244. The Hall–Kier alpha value is -1.72. The number of nitrogens with one attached hydrogen (secondary N) is 1. The monoisotopic (exact) mass is 344 g/mol. The summed E-state index contributed by atoms with van der Waals surface area (Å²) in [6, 6.07) is 10.7. The molecule has 126 valence electrons. The Bertz CT molecular complexity index is 701. The van der Waals surface area contributed by atoms with Crippen LogP contribution in [0, 0.1) is 17.7 Å². The molecule has 1 saturated heterocycles. The summed E-state index contributed by atoms with van der Waals surface area (Å²) in [5, 5.41) is 4.92. The van der Waals surface area contributed by atoms with E-state index in [0.717, 1.165) is 30.4 Å². The van der Waals surface area contributed by atoms with E-state index in [-0.39, 0.29) is 11.7 Å². The summed E-state index contributed by atoms with van der Waals surface area (Å²) in [7, 11) is 0. The van der Waals surface area contributed by atoms with Crippen LogP contribution in [0.25, 0.3) is 0 Å². The predicted octanol–water partition coefficient (Wildman–Crippen LogP) is 3.35. The van der Waals surface area contributed by atoms with Crippen LogP contribution in [-0.4, -0.2) is 37.0 Å². The van der Waals surface area contributed by atoms with Crippen molar-refractivity contribution in [1.29, 1.82) is 0 Å². The first kappa shape index (κ1) is 15.8. The maximum atomic E-state index is 13.1. The molecule has 1 aliphatic heterocycles. The molecule has 5 heteroatoms. The summed E-state index contributed by atoms with van der Waals surface area (Å²) in [6.45, 7) is 3.80. The Kier molecular flexibility index (Phi) is 4.37. The molecule has 1 amide bonds. The molecule has 1 saturated carbocycles. The van der Waals surface area contributed by atoms with Gasteiger partial charge in [-0.3, -0.25) is 4.79 Å². The quantitative estimate of drug-likeness (QED) is 0.902. The van der Waals surface area contributed by atoms with E-state index in [1.54, 1.807) is 12.1 Å². The highest BCUT2D eigenvalue weighted by Crippen LogP contribution is 2.51. The highest BCUT2D eigenvalue weighted by molar-refractivity contribution is 7.12. The number of fused-ring (bicyclic) bond motifs is 1. The second kappa shape index (κ2) is 6.65. The number of thiophene rings is 1. The van der Waals surface area contributed by atoms with Gasteiger partial charge in [0.05, 0.1) is 4.88 Å². The molecule has 2 aromatic rings. The molecule has 0 bridgehead atoms. The van der Waals surface area contributed by atoms with Gasteiger partial charge in [0.25, 0.3) is 5.91 Å². The first-order chi connectivity index (χ1) is 11.7. The number of halogens is 1. The minimum atomic E-state index is -0.163. The number of rotatable bonds is 5. The number of carbonyl (C=O) groups is 1. The lowest BCUT2D eigenvalue weighted by Crippen LogP contribution is -2.34. The summed E-state index contributed by atoms with van der Waals surface area (Å²) in [5.41, 5.74) is 1.27. The fourth-order valence-corrected chi connectivity index (χ4v) is 4.74. The van der Waals surface area contributed by atoms with Gasteiger partial charge in [-0.1, -0.05) is 18.2 Å². The summed E-state index contributed by atoms with van der Waals surface area (Å²) in [4.78, 5) is 15.2. The van der Waals surface area contributed by atoms with E-state index in [2.05, 4.69) is 10.2 Å². The average molecular weight is 344 g/mol.